The molecule has 0 aliphatic carbocycles. The summed E-state index contributed by atoms with van der Waals surface area (Å²) in [7, 11) is 0. The minimum Gasteiger partial charge on any atom is -0.370 e. The first kappa shape index (κ1) is 92.8. The number of amides is 11. The van der Waals surface area contributed by atoms with Crippen LogP contribution >= 0.6 is 0 Å². The first-order valence-electron chi connectivity index (χ1n) is 37.9. The average Bonchev–Trinajstić information content (AvgIpc) is 1.01. The molecule has 12 N–H and O–H groups in total. The van der Waals surface area contributed by atoms with Crippen molar-refractivity contribution in [2.45, 2.75) is 304 Å². The summed E-state index contributed by atoms with van der Waals surface area (Å²) >= 11 is 0. The largest absolute Gasteiger partial charge is 0.370 e. The number of primary amides is 1. The maximum atomic E-state index is 13.9. The van der Waals surface area contributed by atoms with Gasteiger partial charge in [0.25, 0.3) is 0 Å². The lowest BCUT2D eigenvalue weighted by Gasteiger charge is -2.20. The van der Waals surface area contributed by atoms with Crippen molar-refractivity contribution in [3.63, 3.8) is 0 Å². The fourth-order valence-corrected chi connectivity index (χ4v) is 11.5. The fourth-order valence-electron chi connectivity index (χ4n) is 11.5. The van der Waals surface area contributed by atoms with Crippen LogP contribution in [-0.4, -0.2) is 153 Å². The van der Waals surface area contributed by atoms with E-state index in [0.29, 0.717) is 193 Å². The predicted octanol–water partition coefficient (Wildman–Crippen LogP) is 7.22. The third-order valence-corrected chi connectivity index (χ3v) is 17.3. The molecule has 0 bridgehead atoms. The van der Waals surface area contributed by atoms with Gasteiger partial charge in [-0.15, -0.1) is 0 Å². The molecule has 0 rings (SSSR count). The van der Waals surface area contributed by atoms with E-state index in [-0.39, 0.29) is 153 Å². The zero-order chi connectivity index (χ0) is 74.4. The minimum absolute atomic E-state index is 0.0177. The van der Waals surface area contributed by atoms with E-state index in [1.54, 1.807) is 6.92 Å². The maximum Gasteiger partial charge on any atom is 0.242 e. The van der Waals surface area contributed by atoms with Crippen LogP contribution in [0.15, 0.2) is 0 Å². The highest BCUT2D eigenvalue weighted by atomic mass is 16.2. The first-order valence-corrected chi connectivity index (χ1v) is 37.9. The normalized spacial score (nSPS) is 12.1. The molecule has 0 saturated carbocycles. The Labute approximate surface area is 597 Å². The lowest BCUT2D eigenvalue weighted by molar-refractivity contribution is -0.130. The van der Waals surface area contributed by atoms with Gasteiger partial charge in [-0.2, -0.15) is 0 Å². The van der Waals surface area contributed by atoms with Crippen LogP contribution in [0.3, 0.4) is 0 Å². The Bertz CT molecular complexity index is 2430. The average molecular weight is 1410 g/mol. The van der Waals surface area contributed by atoms with Gasteiger partial charge in [0, 0.05) is 169 Å². The monoisotopic (exact) mass is 1410 g/mol. The van der Waals surface area contributed by atoms with E-state index in [1.165, 1.54) is 27.7 Å². The Balaban J connectivity index is 5.95. The second-order valence-corrected chi connectivity index (χ2v) is 27.0. The molecule has 0 aliphatic heterocycles. The molecule has 0 heterocycles. The molecule has 11 amide bonds. The molecule has 0 aromatic heterocycles. The minimum atomic E-state index is -0.886. The molecule has 0 radical (unpaired) electrons. The van der Waals surface area contributed by atoms with Gasteiger partial charge in [0.1, 0.15) is 29.2 Å². The number of carbonyl (C=O) groups excluding carboxylic acids is 15. The zero-order valence-corrected chi connectivity index (χ0v) is 61.9. The van der Waals surface area contributed by atoms with Gasteiger partial charge in [0.2, 0.25) is 65.0 Å². The number of unbranched alkanes of at least 4 members (excludes halogenated alkanes) is 17. The van der Waals surface area contributed by atoms with Crippen LogP contribution in [0.4, 0.5) is 0 Å². The second-order valence-electron chi connectivity index (χ2n) is 27.0. The standard InChI is InChI=1S/C74H131N11O15/c1-56(86)33-13-6-7-18-43-70(96)85-67(40-23-32-51-83-73(99)61(53-64(91)37-14-8-24-44-76-57(2)87)34-20-29-48-80-69(95)42-19-12-27-47-79-60(5)90)74(100)84-52-31-22-36-63(55-66(93)39-16-10-26-46-78-59(4)89)72(98)82-50-30-21-35-62(71(97)81-49-28-11-17-41-68(75)94)54-65(92)38-15-9-25-45-77-58(3)88/h61-63,67H,6-55H2,1-5H3,(H2,75,94)(H,76,87)(H,77,88)(H,78,89)(H,79,90)(H,80,95)(H,81,97)(H,82,98)(H,83,99)(H,84,100)(H,85,96). The zero-order valence-electron chi connectivity index (χ0n) is 61.9. The number of hydrogen-bond donors (Lipinski definition) is 11. The third-order valence-electron chi connectivity index (χ3n) is 17.3. The fraction of sp³-hybridized carbons (Fsp3) is 0.797. The number of carbonyl (C=O) groups is 15. The van der Waals surface area contributed by atoms with Crippen molar-refractivity contribution in [2.75, 3.05) is 58.9 Å². The Morgan fingerprint density at radius 3 is 0.840 bits per heavy atom. The van der Waals surface area contributed by atoms with E-state index >= 15 is 0 Å². The second kappa shape index (κ2) is 62.8. The van der Waals surface area contributed by atoms with E-state index < -0.39 is 23.8 Å². The van der Waals surface area contributed by atoms with Gasteiger partial charge in [-0.05, 0) is 142 Å². The molecular weight excluding hydrogens is 1280 g/mol. The van der Waals surface area contributed by atoms with Crippen molar-refractivity contribution in [1.29, 1.82) is 0 Å². The Morgan fingerprint density at radius 1 is 0.250 bits per heavy atom. The summed E-state index contributed by atoms with van der Waals surface area (Å²) in [5.41, 5.74) is 5.26. The molecule has 0 aromatic carbocycles. The summed E-state index contributed by atoms with van der Waals surface area (Å²) in [5.74, 6) is -4.17. The van der Waals surface area contributed by atoms with E-state index in [4.69, 9.17) is 5.73 Å². The molecule has 572 valence electrons. The number of Topliss-reactive ketones (excluding diaryl/α,β-unsaturated/α-hetero) is 4. The van der Waals surface area contributed by atoms with Crippen molar-refractivity contribution < 1.29 is 71.9 Å². The van der Waals surface area contributed by atoms with Crippen LogP contribution in [0, 0.1) is 17.8 Å². The van der Waals surface area contributed by atoms with Gasteiger partial charge >= 0.3 is 0 Å². The highest BCUT2D eigenvalue weighted by Gasteiger charge is 2.26. The van der Waals surface area contributed by atoms with Crippen LogP contribution in [0.1, 0.15) is 298 Å². The van der Waals surface area contributed by atoms with E-state index in [2.05, 4.69) is 53.2 Å². The van der Waals surface area contributed by atoms with Crippen LogP contribution in [0.5, 0.6) is 0 Å². The first-order chi connectivity index (χ1) is 47.9. The van der Waals surface area contributed by atoms with Crippen LogP contribution in [-0.2, 0) is 71.9 Å². The van der Waals surface area contributed by atoms with E-state index in [0.717, 1.165) is 64.2 Å². The Kier molecular flexibility index (Phi) is 58.3. The van der Waals surface area contributed by atoms with E-state index in [1.807, 2.05) is 0 Å². The molecule has 100 heavy (non-hydrogen) atoms. The summed E-state index contributed by atoms with van der Waals surface area (Å²) in [5, 5.41) is 28.8. The van der Waals surface area contributed by atoms with Crippen molar-refractivity contribution >= 4 is 88.1 Å². The highest BCUT2D eigenvalue weighted by Crippen LogP contribution is 2.21. The van der Waals surface area contributed by atoms with Crippen LogP contribution in [0.2, 0.25) is 0 Å². The van der Waals surface area contributed by atoms with Crippen LogP contribution in [0.25, 0.3) is 0 Å². The SMILES string of the molecule is CC(=O)CCCCCCC(=O)NC(CCCCNC(=O)C(CCCCNC(=O)CCCCCNC(C)=O)CC(=O)CCCCCNC(C)=O)C(=O)NCCCCC(CC(=O)CCCCCNC(C)=O)C(=O)NCCCCC(CC(=O)CCCCCNC(C)=O)C(=O)NCCCCCC(N)=O. The number of rotatable bonds is 68. The smallest absolute Gasteiger partial charge is 0.242 e. The quantitative estimate of drug-likeness (QED) is 0.0268. The summed E-state index contributed by atoms with van der Waals surface area (Å²) in [6, 6.07) is -0.886. The molecule has 26 heteroatoms. The summed E-state index contributed by atoms with van der Waals surface area (Å²) < 4.78 is 0. The number of nitrogens with one attached hydrogen (secondary N) is 10. The van der Waals surface area contributed by atoms with Gasteiger partial charge in [0.05, 0.1) is 0 Å². The third kappa shape index (κ3) is 59.7. The lowest BCUT2D eigenvalue weighted by Crippen LogP contribution is -2.47. The summed E-state index contributed by atoms with van der Waals surface area (Å²) in [4.78, 5) is 188. The molecule has 0 saturated heterocycles. The molecule has 0 aromatic rings. The Hall–Kier alpha value is -7.15. The van der Waals surface area contributed by atoms with Gasteiger partial charge in [-0.25, -0.2) is 0 Å². The van der Waals surface area contributed by atoms with Crippen molar-refractivity contribution in [3.8, 4) is 0 Å². The topological polar surface area (TPSA) is 402 Å². The molecule has 26 nitrogen and oxygen atoms in total. The molecule has 4 atom stereocenters. The van der Waals surface area contributed by atoms with E-state index in [9.17, 15) is 71.9 Å². The van der Waals surface area contributed by atoms with Gasteiger partial charge < -0.3 is 63.7 Å². The van der Waals surface area contributed by atoms with Gasteiger partial charge in [-0.1, -0.05) is 64.2 Å². The molecule has 0 fully saturated rings. The summed E-state index contributed by atoms with van der Waals surface area (Å²) in [6.45, 7) is 11.1. The molecule has 0 spiro atoms. The molecular formula is C74H131N11O15. The number of ketones is 4. The van der Waals surface area contributed by atoms with Crippen molar-refractivity contribution in [1.82, 2.24) is 53.2 Å². The Morgan fingerprint density at radius 2 is 0.510 bits per heavy atom. The molecule has 0 aliphatic rings. The maximum absolute atomic E-state index is 13.9. The van der Waals surface area contributed by atoms with Crippen LogP contribution < -0.4 is 58.9 Å². The van der Waals surface area contributed by atoms with Gasteiger partial charge in [0.15, 0.2) is 0 Å². The lowest BCUT2D eigenvalue weighted by atomic mass is 9.92. The number of hydrogen-bond acceptors (Lipinski definition) is 15. The predicted molar refractivity (Wildman–Crippen MR) is 386 cm³/mol. The van der Waals surface area contributed by atoms with Gasteiger partial charge in [-0.3, -0.25) is 67.1 Å². The summed E-state index contributed by atoms with van der Waals surface area (Å²) in [6.07, 6.45) is 21.4. The van der Waals surface area contributed by atoms with Crippen molar-refractivity contribution in [2.24, 2.45) is 23.5 Å². The van der Waals surface area contributed by atoms with Crippen molar-refractivity contribution in [3.05, 3.63) is 0 Å². The molecule has 4 unspecified atom stereocenters. The highest BCUT2D eigenvalue weighted by molar-refractivity contribution is 5.89. The number of nitrogens with two attached hydrogens (primary N) is 1.